The van der Waals surface area contributed by atoms with Gasteiger partial charge in [-0.1, -0.05) is 30.3 Å². The number of carbonyl (C=O) groups is 1. The van der Waals surface area contributed by atoms with Gasteiger partial charge in [-0.2, -0.15) is 0 Å². The zero-order chi connectivity index (χ0) is 14.9. The molecule has 1 atom stereocenters. The number of carbonyl (C=O) groups excluding carboxylic acids is 1. The van der Waals surface area contributed by atoms with Gasteiger partial charge in [-0.05, 0) is 24.8 Å². The fraction of sp³-hybridized carbons (Fsp3) is 0.562. The Morgan fingerprint density at radius 1 is 1.29 bits per heavy atom. The van der Waals surface area contributed by atoms with Crippen molar-refractivity contribution >= 4 is 6.09 Å². The minimum Gasteiger partial charge on any atom is -0.445 e. The molecule has 2 rings (SSSR count). The molecular formula is C16H23NO4. The Balaban J connectivity index is 1.83. The molecule has 1 amide bonds. The van der Waals surface area contributed by atoms with E-state index in [1.807, 2.05) is 30.3 Å². The van der Waals surface area contributed by atoms with Crippen molar-refractivity contribution in [2.45, 2.75) is 31.9 Å². The molecule has 1 saturated heterocycles. The average Bonchev–Trinajstić information content (AvgIpc) is 2.54. The van der Waals surface area contributed by atoms with Crippen molar-refractivity contribution in [2.75, 3.05) is 27.1 Å². The maximum atomic E-state index is 12.2. The highest BCUT2D eigenvalue weighted by molar-refractivity contribution is 5.68. The Hall–Kier alpha value is -1.59. The predicted octanol–water partition coefficient (Wildman–Crippen LogP) is 2.80. The molecule has 0 radical (unpaired) electrons. The van der Waals surface area contributed by atoms with Crippen LogP contribution in [0.5, 0.6) is 0 Å². The molecule has 0 saturated carbocycles. The monoisotopic (exact) mass is 293 g/mol. The fourth-order valence-corrected chi connectivity index (χ4v) is 2.48. The maximum Gasteiger partial charge on any atom is 0.410 e. The van der Waals surface area contributed by atoms with Crippen molar-refractivity contribution in [3.8, 4) is 0 Å². The van der Waals surface area contributed by atoms with Crippen molar-refractivity contribution in [1.29, 1.82) is 0 Å². The zero-order valence-corrected chi connectivity index (χ0v) is 12.5. The summed E-state index contributed by atoms with van der Waals surface area (Å²) < 4.78 is 15.7. The summed E-state index contributed by atoms with van der Waals surface area (Å²) in [7, 11) is 1.59. The largest absolute Gasteiger partial charge is 0.445 e. The van der Waals surface area contributed by atoms with Crippen LogP contribution in [0.15, 0.2) is 30.3 Å². The molecule has 0 unspecified atom stereocenters. The van der Waals surface area contributed by atoms with Crippen LogP contribution in [0, 0.1) is 0 Å². The molecule has 1 aliphatic rings. The number of piperidine rings is 1. The zero-order valence-electron chi connectivity index (χ0n) is 12.5. The van der Waals surface area contributed by atoms with Crippen LogP contribution in [0.4, 0.5) is 4.79 Å². The van der Waals surface area contributed by atoms with Crippen LogP contribution in [-0.2, 0) is 20.8 Å². The van der Waals surface area contributed by atoms with Gasteiger partial charge in [-0.3, -0.25) is 0 Å². The summed E-state index contributed by atoms with van der Waals surface area (Å²) >= 11 is 0. The molecule has 0 aliphatic carbocycles. The third-order valence-corrected chi connectivity index (χ3v) is 3.58. The van der Waals surface area contributed by atoms with Crippen LogP contribution >= 0.6 is 0 Å². The first-order valence-corrected chi connectivity index (χ1v) is 7.35. The first kappa shape index (κ1) is 15.8. The Kier molecular flexibility index (Phi) is 6.50. The lowest BCUT2D eigenvalue weighted by molar-refractivity contribution is -0.0556. The van der Waals surface area contributed by atoms with Gasteiger partial charge >= 0.3 is 6.09 Å². The SMILES string of the molecule is COCOC[C@@H]1CCCCN1C(=O)OCc1ccccc1. The number of benzene rings is 1. The first-order chi connectivity index (χ1) is 10.3. The molecule has 5 heteroatoms. The normalized spacial score (nSPS) is 18.5. The average molecular weight is 293 g/mol. The van der Waals surface area contributed by atoms with Crippen LogP contribution in [0.2, 0.25) is 0 Å². The predicted molar refractivity (Wildman–Crippen MR) is 78.8 cm³/mol. The van der Waals surface area contributed by atoms with Gasteiger partial charge in [0, 0.05) is 13.7 Å². The van der Waals surface area contributed by atoms with E-state index in [0.717, 1.165) is 31.4 Å². The molecule has 0 N–H and O–H groups in total. The summed E-state index contributed by atoms with van der Waals surface area (Å²) in [4.78, 5) is 14.0. The van der Waals surface area contributed by atoms with Crippen LogP contribution in [0.3, 0.4) is 0 Å². The Morgan fingerprint density at radius 2 is 2.10 bits per heavy atom. The highest BCUT2D eigenvalue weighted by Gasteiger charge is 2.27. The van der Waals surface area contributed by atoms with E-state index in [1.165, 1.54) is 0 Å². The standard InChI is InChI=1S/C16H23NO4/c1-19-13-20-12-15-9-5-6-10-17(15)16(18)21-11-14-7-3-2-4-8-14/h2-4,7-8,15H,5-6,9-13H2,1H3/t15-/m0/s1. The minimum absolute atomic E-state index is 0.0807. The molecule has 0 bridgehead atoms. The third kappa shape index (κ3) is 5.02. The topological polar surface area (TPSA) is 48.0 Å². The van der Waals surface area contributed by atoms with E-state index in [1.54, 1.807) is 12.0 Å². The van der Waals surface area contributed by atoms with Crippen molar-refractivity contribution in [3.05, 3.63) is 35.9 Å². The quantitative estimate of drug-likeness (QED) is 0.598. The van der Waals surface area contributed by atoms with E-state index >= 15 is 0 Å². The summed E-state index contributed by atoms with van der Waals surface area (Å²) in [5.74, 6) is 0. The van der Waals surface area contributed by atoms with E-state index in [2.05, 4.69) is 0 Å². The number of ether oxygens (including phenoxy) is 3. The summed E-state index contributed by atoms with van der Waals surface area (Å²) in [5, 5.41) is 0. The Labute approximate surface area is 125 Å². The van der Waals surface area contributed by atoms with Gasteiger partial charge < -0.3 is 19.1 Å². The molecule has 1 heterocycles. The number of rotatable bonds is 6. The second-order valence-corrected chi connectivity index (χ2v) is 5.16. The number of hydrogen-bond acceptors (Lipinski definition) is 4. The minimum atomic E-state index is -0.260. The van der Waals surface area contributed by atoms with Crippen molar-refractivity contribution in [3.63, 3.8) is 0 Å². The lowest BCUT2D eigenvalue weighted by Gasteiger charge is -2.34. The van der Waals surface area contributed by atoms with Gasteiger partial charge in [0.2, 0.25) is 0 Å². The molecular weight excluding hydrogens is 270 g/mol. The molecule has 5 nitrogen and oxygen atoms in total. The lowest BCUT2D eigenvalue weighted by Crippen LogP contribution is -2.46. The molecule has 1 aromatic rings. The van der Waals surface area contributed by atoms with E-state index in [9.17, 15) is 4.79 Å². The molecule has 116 valence electrons. The van der Waals surface area contributed by atoms with Crippen LogP contribution < -0.4 is 0 Å². The van der Waals surface area contributed by atoms with E-state index in [-0.39, 0.29) is 18.9 Å². The van der Waals surface area contributed by atoms with Gasteiger partial charge in [0.05, 0.1) is 12.6 Å². The number of methoxy groups -OCH3 is 1. The number of hydrogen-bond donors (Lipinski definition) is 0. The number of likely N-dealkylation sites (tertiary alicyclic amines) is 1. The molecule has 21 heavy (non-hydrogen) atoms. The highest BCUT2D eigenvalue weighted by Crippen LogP contribution is 2.19. The van der Waals surface area contributed by atoms with Gasteiger partial charge in [0.25, 0.3) is 0 Å². The third-order valence-electron chi connectivity index (χ3n) is 3.58. The van der Waals surface area contributed by atoms with Gasteiger partial charge in [0.15, 0.2) is 0 Å². The lowest BCUT2D eigenvalue weighted by atomic mass is 10.0. The Bertz CT molecular complexity index is 424. The summed E-state index contributed by atoms with van der Waals surface area (Å²) in [6, 6.07) is 9.79. The van der Waals surface area contributed by atoms with Crippen molar-refractivity contribution in [1.82, 2.24) is 4.90 Å². The molecule has 1 aliphatic heterocycles. The van der Waals surface area contributed by atoms with Crippen LogP contribution in [-0.4, -0.2) is 44.1 Å². The molecule has 1 fully saturated rings. The molecule has 0 spiro atoms. The van der Waals surface area contributed by atoms with E-state index in [4.69, 9.17) is 14.2 Å². The fourth-order valence-electron chi connectivity index (χ4n) is 2.48. The van der Waals surface area contributed by atoms with Gasteiger partial charge in [0.1, 0.15) is 13.4 Å². The first-order valence-electron chi connectivity index (χ1n) is 7.35. The maximum absolute atomic E-state index is 12.2. The van der Waals surface area contributed by atoms with Crippen LogP contribution in [0.25, 0.3) is 0 Å². The number of nitrogens with zero attached hydrogens (tertiary/aromatic N) is 1. The smallest absolute Gasteiger partial charge is 0.410 e. The van der Waals surface area contributed by atoms with Gasteiger partial charge in [-0.15, -0.1) is 0 Å². The Morgan fingerprint density at radius 3 is 2.86 bits per heavy atom. The molecule has 0 aromatic heterocycles. The van der Waals surface area contributed by atoms with E-state index < -0.39 is 0 Å². The second-order valence-electron chi connectivity index (χ2n) is 5.16. The number of amides is 1. The van der Waals surface area contributed by atoms with Crippen molar-refractivity contribution < 1.29 is 19.0 Å². The second kappa shape index (κ2) is 8.64. The summed E-state index contributed by atoms with van der Waals surface area (Å²) in [5.41, 5.74) is 0.995. The van der Waals surface area contributed by atoms with Crippen LogP contribution in [0.1, 0.15) is 24.8 Å². The van der Waals surface area contributed by atoms with E-state index in [0.29, 0.717) is 13.2 Å². The van der Waals surface area contributed by atoms with Gasteiger partial charge in [-0.25, -0.2) is 4.79 Å². The summed E-state index contributed by atoms with van der Waals surface area (Å²) in [6.45, 7) is 1.79. The molecule has 1 aromatic carbocycles. The summed E-state index contributed by atoms with van der Waals surface area (Å²) in [6.07, 6.45) is 2.82. The highest BCUT2D eigenvalue weighted by atomic mass is 16.7. The van der Waals surface area contributed by atoms with Crippen molar-refractivity contribution in [2.24, 2.45) is 0 Å².